The van der Waals surface area contributed by atoms with Gasteiger partial charge in [-0.15, -0.1) is 0 Å². The Balaban J connectivity index is 2.44. The summed E-state index contributed by atoms with van der Waals surface area (Å²) in [6.07, 6.45) is 2.74. The Kier molecular flexibility index (Phi) is 4.23. The predicted octanol–water partition coefficient (Wildman–Crippen LogP) is 1.80. The van der Waals surface area contributed by atoms with Crippen LogP contribution in [0.1, 0.15) is 11.1 Å². The van der Waals surface area contributed by atoms with E-state index in [9.17, 15) is 0 Å². The molecule has 0 fully saturated rings. The molecule has 0 amide bonds. The van der Waals surface area contributed by atoms with E-state index in [0.29, 0.717) is 13.3 Å². The molecule has 0 aliphatic heterocycles. The molecule has 1 aromatic rings. The average molecular weight is 177 g/mol. The van der Waals surface area contributed by atoms with Gasteiger partial charge in [-0.2, -0.15) is 0 Å². The van der Waals surface area contributed by atoms with Gasteiger partial charge in [0.15, 0.2) is 0 Å². The fourth-order valence-electron chi connectivity index (χ4n) is 1.09. The van der Waals surface area contributed by atoms with E-state index in [0.717, 1.165) is 12.0 Å². The summed E-state index contributed by atoms with van der Waals surface area (Å²) in [5.41, 5.74) is 7.61. The Labute approximate surface area is 79.0 Å². The molecule has 0 saturated heterocycles. The molecule has 0 heterocycles. The second-order valence-corrected chi connectivity index (χ2v) is 2.77. The summed E-state index contributed by atoms with van der Waals surface area (Å²) in [7, 11) is 0. The Morgan fingerprint density at radius 1 is 1.31 bits per heavy atom. The first-order valence-electron chi connectivity index (χ1n) is 4.36. The number of rotatable bonds is 5. The quantitative estimate of drug-likeness (QED) is 0.550. The van der Waals surface area contributed by atoms with Gasteiger partial charge in [-0.05, 0) is 17.5 Å². The zero-order valence-electron chi connectivity index (χ0n) is 7.70. The Bertz CT molecular complexity index is 253. The monoisotopic (exact) mass is 177 g/mol. The van der Waals surface area contributed by atoms with Gasteiger partial charge in [0, 0.05) is 0 Å². The van der Waals surface area contributed by atoms with E-state index in [1.54, 1.807) is 0 Å². The maximum absolute atomic E-state index is 5.20. The number of hydrogen-bond acceptors (Lipinski definition) is 2. The van der Waals surface area contributed by atoms with E-state index in [-0.39, 0.29) is 0 Å². The van der Waals surface area contributed by atoms with Crippen LogP contribution in [-0.2, 0) is 11.2 Å². The molecule has 0 aliphatic rings. The van der Waals surface area contributed by atoms with Crippen LogP contribution in [0.2, 0.25) is 0 Å². The molecular formula is C11H15NO. The van der Waals surface area contributed by atoms with Crippen LogP contribution in [0.15, 0.2) is 30.8 Å². The van der Waals surface area contributed by atoms with Crippen LogP contribution in [0.25, 0.3) is 6.08 Å². The molecular weight excluding hydrogens is 162 g/mol. The minimum atomic E-state index is 0.296. The first kappa shape index (κ1) is 9.96. The zero-order chi connectivity index (χ0) is 9.52. The van der Waals surface area contributed by atoms with E-state index in [1.165, 1.54) is 5.56 Å². The average Bonchev–Trinajstić information content (AvgIpc) is 2.19. The van der Waals surface area contributed by atoms with Crippen LogP contribution in [0, 0.1) is 0 Å². The fraction of sp³-hybridized carbons (Fsp3) is 0.273. The van der Waals surface area contributed by atoms with Gasteiger partial charge in [0.2, 0.25) is 0 Å². The van der Waals surface area contributed by atoms with Crippen molar-refractivity contribution >= 4 is 6.08 Å². The van der Waals surface area contributed by atoms with Gasteiger partial charge in [0.1, 0.15) is 0 Å². The molecule has 0 aromatic heterocycles. The smallest absolute Gasteiger partial charge is 0.0940 e. The summed E-state index contributed by atoms with van der Waals surface area (Å²) < 4.78 is 5.05. The highest BCUT2D eigenvalue weighted by atomic mass is 16.5. The van der Waals surface area contributed by atoms with Crippen molar-refractivity contribution in [2.75, 3.05) is 13.3 Å². The maximum Gasteiger partial charge on any atom is 0.0940 e. The van der Waals surface area contributed by atoms with Crippen molar-refractivity contribution in [1.82, 2.24) is 0 Å². The van der Waals surface area contributed by atoms with Crippen molar-refractivity contribution in [3.05, 3.63) is 42.0 Å². The third-order valence-electron chi connectivity index (χ3n) is 1.87. The van der Waals surface area contributed by atoms with E-state index < -0.39 is 0 Å². The van der Waals surface area contributed by atoms with Gasteiger partial charge in [0.25, 0.3) is 0 Å². The topological polar surface area (TPSA) is 35.2 Å². The lowest BCUT2D eigenvalue weighted by atomic mass is 10.1. The molecule has 0 atom stereocenters. The summed E-state index contributed by atoms with van der Waals surface area (Å²) in [4.78, 5) is 0. The zero-order valence-corrected chi connectivity index (χ0v) is 7.70. The van der Waals surface area contributed by atoms with Gasteiger partial charge >= 0.3 is 0 Å². The maximum atomic E-state index is 5.20. The third-order valence-corrected chi connectivity index (χ3v) is 1.87. The summed E-state index contributed by atoms with van der Waals surface area (Å²) in [5.74, 6) is 0. The number of hydrogen-bond donors (Lipinski definition) is 1. The normalized spacial score (nSPS) is 9.92. The molecule has 70 valence electrons. The van der Waals surface area contributed by atoms with Crippen molar-refractivity contribution in [3.8, 4) is 0 Å². The summed E-state index contributed by atoms with van der Waals surface area (Å²) >= 11 is 0. The van der Waals surface area contributed by atoms with E-state index in [2.05, 4.69) is 18.7 Å². The highest BCUT2D eigenvalue weighted by Gasteiger charge is 1.92. The van der Waals surface area contributed by atoms with Crippen molar-refractivity contribution < 1.29 is 4.74 Å². The third kappa shape index (κ3) is 3.40. The Morgan fingerprint density at radius 2 is 2.00 bits per heavy atom. The molecule has 0 spiro atoms. The van der Waals surface area contributed by atoms with E-state index in [4.69, 9.17) is 10.5 Å². The van der Waals surface area contributed by atoms with E-state index >= 15 is 0 Å². The highest BCUT2D eigenvalue weighted by Crippen LogP contribution is 2.05. The first-order chi connectivity index (χ1) is 6.36. The predicted molar refractivity (Wildman–Crippen MR) is 55.2 cm³/mol. The standard InChI is InChI=1S/C11H15NO/c1-2-10-3-5-11(6-4-10)7-8-13-9-12/h2-6H,1,7-9,12H2. The van der Waals surface area contributed by atoms with Crippen LogP contribution >= 0.6 is 0 Å². The second kappa shape index (κ2) is 5.51. The van der Waals surface area contributed by atoms with Gasteiger partial charge < -0.3 is 10.5 Å². The van der Waals surface area contributed by atoms with Crippen LogP contribution < -0.4 is 5.73 Å². The fourth-order valence-corrected chi connectivity index (χ4v) is 1.09. The van der Waals surface area contributed by atoms with Gasteiger partial charge in [0.05, 0.1) is 13.3 Å². The molecule has 1 rings (SSSR count). The van der Waals surface area contributed by atoms with Gasteiger partial charge in [-0.25, -0.2) is 0 Å². The van der Waals surface area contributed by atoms with Crippen molar-refractivity contribution in [2.45, 2.75) is 6.42 Å². The molecule has 0 bridgehead atoms. The van der Waals surface area contributed by atoms with Gasteiger partial charge in [-0.3, -0.25) is 0 Å². The van der Waals surface area contributed by atoms with Crippen molar-refractivity contribution in [3.63, 3.8) is 0 Å². The van der Waals surface area contributed by atoms with Crippen molar-refractivity contribution in [2.24, 2.45) is 5.73 Å². The highest BCUT2D eigenvalue weighted by molar-refractivity contribution is 5.47. The lowest BCUT2D eigenvalue weighted by Gasteiger charge is -2.01. The minimum Gasteiger partial charge on any atom is -0.366 e. The molecule has 1 aromatic carbocycles. The number of ether oxygens (including phenoxy) is 1. The lowest BCUT2D eigenvalue weighted by Crippen LogP contribution is -2.07. The lowest BCUT2D eigenvalue weighted by molar-refractivity contribution is 0.144. The largest absolute Gasteiger partial charge is 0.366 e. The number of benzene rings is 1. The molecule has 0 unspecified atom stereocenters. The van der Waals surface area contributed by atoms with Crippen LogP contribution in [0.5, 0.6) is 0 Å². The molecule has 2 nitrogen and oxygen atoms in total. The SMILES string of the molecule is C=Cc1ccc(CCOCN)cc1. The molecule has 2 N–H and O–H groups in total. The molecule has 2 heteroatoms. The summed E-state index contributed by atoms with van der Waals surface area (Å²) in [6, 6.07) is 8.25. The van der Waals surface area contributed by atoms with Crippen LogP contribution in [0.3, 0.4) is 0 Å². The first-order valence-corrected chi connectivity index (χ1v) is 4.36. The van der Waals surface area contributed by atoms with Gasteiger partial charge in [-0.1, -0.05) is 36.9 Å². The van der Waals surface area contributed by atoms with E-state index in [1.807, 2.05) is 18.2 Å². The Morgan fingerprint density at radius 3 is 2.54 bits per heavy atom. The summed E-state index contributed by atoms with van der Waals surface area (Å²) in [5, 5.41) is 0. The van der Waals surface area contributed by atoms with Crippen LogP contribution in [-0.4, -0.2) is 13.3 Å². The molecule has 0 saturated carbocycles. The van der Waals surface area contributed by atoms with Crippen LogP contribution in [0.4, 0.5) is 0 Å². The summed E-state index contributed by atoms with van der Waals surface area (Å²) in [6.45, 7) is 4.68. The number of nitrogens with two attached hydrogens (primary N) is 1. The van der Waals surface area contributed by atoms with Crippen molar-refractivity contribution in [1.29, 1.82) is 0 Å². The second-order valence-electron chi connectivity index (χ2n) is 2.77. The molecule has 0 radical (unpaired) electrons. The molecule has 0 aliphatic carbocycles. The Hall–Kier alpha value is -1.12. The molecule has 13 heavy (non-hydrogen) atoms. The minimum absolute atomic E-state index is 0.296.